The van der Waals surface area contributed by atoms with Crippen molar-refractivity contribution in [2.75, 3.05) is 45.2 Å². The minimum atomic E-state index is 0.0263. The molecular formula is C22H31N5O. The summed E-state index contributed by atoms with van der Waals surface area (Å²) >= 11 is 0. The molecule has 150 valence electrons. The van der Waals surface area contributed by atoms with Gasteiger partial charge in [-0.2, -0.15) is 5.10 Å². The number of nitrogens with zero attached hydrogens (tertiary/aromatic N) is 4. The molecule has 2 aliphatic heterocycles. The van der Waals surface area contributed by atoms with Crippen molar-refractivity contribution < 1.29 is 4.79 Å². The molecule has 0 bridgehead atoms. The van der Waals surface area contributed by atoms with Gasteiger partial charge < -0.3 is 9.80 Å². The third-order valence-corrected chi connectivity index (χ3v) is 6.03. The number of aromatic nitrogens is 2. The average molecular weight is 382 g/mol. The van der Waals surface area contributed by atoms with Crippen LogP contribution in [0, 0.1) is 0 Å². The number of rotatable bonds is 5. The highest BCUT2D eigenvalue weighted by molar-refractivity contribution is 5.94. The van der Waals surface area contributed by atoms with Gasteiger partial charge in [-0.05, 0) is 49.9 Å². The molecule has 2 saturated heterocycles. The second-order valence-corrected chi connectivity index (χ2v) is 8.33. The molecule has 1 aromatic heterocycles. The van der Waals surface area contributed by atoms with Crippen LogP contribution in [0.15, 0.2) is 30.5 Å². The number of carbonyl (C=O) groups is 1. The van der Waals surface area contributed by atoms with Gasteiger partial charge in [0.1, 0.15) is 0 Å². The van der Waals surface area contributed by atoms with E-state index >= 15 is 0 Å². The monoisotopic (exact) mass is 381 g/mol. The van der Waals surface area contributed by atoms with E-state index in [-0.39, 0.29) is 5.91 Å². The second kappa shape index (κ2) is 8.35. The zero-order valence-electron chi connectivity index (χ0n) is 17.0. The van der Waals surface area contributed by atoms with Gasteiger partial charge in [0.05, 0.1) is 17.5 Å². The number of likely N-dealkylation sites (tertiary alicyclic amines) is 1. The Morgan fingerprint density at radius 3 is 2.61 bits per heavy atom. The predicted molar refractivity (Wildman–Crippen MR) is 112 cm³/mol. The molecule has 0 spiro atoms. The number of hydrogen-bond acceptors (Lipinski definition) is 4. The third-order valence-electron chi connectivity index (χ3n) is 6.03. The Morgan fingerprint density at radius 1 is 1.14 bits per heavy atom. The Balaban J connectivity index is 1.40. The van der Waals surface area contributed by atoms with Gasteiger partial charge in [-0.15, -0.1) is 0 Å². The SMILES string of the molecule is CN(C)C(=O)c1cn[nH]c1[C@H]1CCCN(Cc2ccc(N3CCCC3)cc2)C1. The molecule has 6 heteroatoms. The number of benzene rings is 1. The van der Waals surface area contributed by atoms with Crippen LogP contribution in [0.2, 0.25) is 0 Å². The molecule has 0 radical (unpaired) electrons. The quantitative estimate of drug-likeness (QED) is 0.865. The van der Waals surface area contributed by atoms with Gasteiger partial charge in [0.15, 0.2) is 0 Å². The summed E-state index contributed by atoms with van der Waals surface area (Å²) in [4.78, 5) is 19.0. The summed E-state index contributed by atoms with van der Waals surface area (Å²) in [6.07, 6.45) is 6.53. The minimum Gasteiger partial charge on any atom is -0.372 e. The summed E-state index contributed by atoms with van der Waals surface area (Å²) in [7, 11) is 3.58. The van der Waals surface area contributed by atoms with Crippen molar-refractivity contribution in [3.05, 3.63) is 47.3 Å². The molecule has 1 aromatic carbocycles. The zero-order valence-corrected chi connectivity index (χ0v) is 17.0. The fourth-order valence-electron chi connectivity index (χ4n) is 4.50. The molecule has 28 heavy (non-hydrogen) atoms. The number of aromatic amines is 1. The Hall–Kier alpha value is -2.34. The molecular weight excluding hydrogens is 350 g/mol. The van der Waals surface area contributed by atoms with Gasteiger partial charge in [-0.3, -0.25) is 14.8 Å². The van der Waals surface area contributed by atoms with Crippen LogP contribution in [0.3, 0.4) is 0 Å². The van der Waals surface area contributed by atoms with Crippen LogP contribution in [0.5, 0.6) is 0 Å². The van der Waals surface area contributed by atoms with Crippen LogP contribution in [-0.2, 0) is 6.54 Å². The van der Waals surface area contributed by atoms with Crippen molar-refractivity contribution >= 4 is 11.6 Å². The highest BCUT2D eigenvalue weighted by Gasteiger charge is 2.27. The fraction of sp³-hybridized carbons (Fsp3) is 0.545. The molecule has 0 aliphatic carbocycles. The van der Waals surface area contributed by atoms with Crippen LogP contribution in [0.4, 0.5) is 5.69 Å². The maximum Gasteiger partial charge on any atom is 0.256 e. The highest BCUT2D eigenvalue weighted by Crippen LogP contribution is 2.29. The molecule has 3 heterocycles. The van der Waals surface area contributed by atoms with Crippen molar-refractivity contribution in [1.82, 2.24) is 20.0 Å². The third kappa shape index (κ3) is 4.07. The lowest BCUT2D eigenvalue weighted by atomic mass is 9.92. The normalized spacial score (nSPS) is 20.5. The van der Waals surface area contributed by atoms with E-state index in [9.17, 15) is 4.79 Å². The number of amides is 1. The molecule has 0 unspecified atom stereocenters. The van der Waals surface area contributed by atoms with Gasteiger partial charge in [-0.1, -0.05) is 12.1 Å². The first-order valence-electron chi connectivity index (χ1n) is 10.4. The zero-order chi connectivity index (χ0) is 19.5. The maximum absolute atomic E-state index is 12.4. The van der Waals surface area contributed by atoms with E-state index in [0.717, 1.165) is 38.2 Å². The van der Waals surface area contributed by atoms with Crippen LogP contribution >= 0.6 is 0 Å². The minimum absolute atomic E-state index is 0.0263. The summed E-state index contributed by atoms with van der Waals surface area (Å²) in [6, 6.07) is 9.08. The fourth-order valence-corrected chi connectivity index (χ4v) is 4.50. The Labute approximate surface area is 167 Å². The number of nitrogens with one attached hydrogen (secondary N) is 1. The van der Waals surface area contributed by atoms with Crippen molar-refractivity contribution in [2.45, 2.75) is 38.1 Å². The molecule has 1 N–H and O–H groups in total. The first kappa shape index (κ1) is 19.0. The summed E-state index contributed by atoms with van der Waals surface area (Å²) in [5.41, 5.74) is 4.42. The lowest BCUT2D eigenvalue weighted by Gasteiger charge is -2.32. The van der Waals surface area contributed by atoms with E-state index < -0.39 is 0 Å². The number of carbonyl (C=O) groups excluding carboxylic acids is 1. The molecule has 4 rings (SSSR count). The molecule has 1 atom stereocenters. The smallest absolute Gasteiger partial charge is 0.256 e. The number of anilines is 1. The van der Waals surface area contributed by atoms with Gasteiger partial charge >= 0.3 is 0 Å². The van der Waals surface area contributed by atoms with E-state index in [1.165, 1.54) is 37.2 Å². The first-order valence-corrected chi connectivity index (χ1v) is 10.4. The standard InChI is InChI=1S/C22H31N5O/c1-25(2)22(28)20-14-23-24-21(20)18-6-5-11-26(16-18)15-17-7-9-19(10-8-17)27-12-3-4-13-27/h7-10,14,18H,3-6,11-13,15-16H2,1-2H3,(H,23,24)/t18-/m0/s1. The van der Waals surface area contributed by atoms with E-state index in [1.807, 2.05) is 0 Å². The van der Waals surface area contributed by atoms with Gasteiger partial charge in [0.25, 0.3) is 5.91 Å². The topological polar surface area (TPSA) is 55.5 Å². The highest BCUT2D eigenvalue weighted by atomic mass is 16.2. The van der Waals surface area contributed by atoms with E-state index in [2.05, 4.69) is 44.3 Å². The van der Waals surface area contributed by atoms with Crippen LogP contribution in [-0.4, -0.2) is 66.2 Å². The molecule has 1 amide bonds. The van der Waals surface area contributed by atoms with Crippen LogP contribution in [0.25, 0.3) is 0 Å². The lowest BCUT2D eigenvalue weighted by Crippen LogP contribution is -2.35. The van der Waals surface area contributed by atoms with Crippen molar-refractivity contribution in [3.8, 4) is 0 Å². The molecule has 2 aromatic rings. The van der Waals surface area contributed by atoms with Crippen molar-refractivity contribution in [1.29, 1.82) is 0 Å². The molecule has 2 aliphatic rings. The lowest BCUT2D eigenvalue weighted by molar-refractivity contribution is 0.0825. The second-order valence-electron chi connectivity index (χ2n) is 8.33. The maximum atomic E-state index is 12.4. The largest absolute Gasteiger partial charge is 0.372 e. The summed E-state index contributed by atoms with van der Waals surface area (Å²) < 4.78 is 0. The van der Waals surface area contributed by atoms with Crippen LogP contribution in [0.1, 0.15) is 53.2 Å². The number of piperidine rings is 1. The molecule has 2 fully saturated rings. The summed E-state index contributed by atoms with van der Waals surface area (Å²) in [5, 5.41) is 7.27. The first-order chi connectivity index (χ1) is 13.6. The van der Waals surface area contributed by atoms with E-state index in [0.29, 0.717) is 11.5 Å². The number of hydrogen-bond donors (Lipinski definition) is 1. The predicted octanol–water partition coefficient (Wildman–Crippen LogP) is 3.09. The average Bonchev–Trinajstić information content (AvgIpc) is 3.40. The van der Waals surface area contributed by atoms with E-state index in [1.54, 1.807) is 25.2 Å². The van der Waals surface area contributed by atoms with Gasteiger partial charge in [0, 0.05) is 51.9 Å². The summed E-state index contributed by atoms with van der Waals surface area (Å²) in [5.74, 6) is 0.359. The van der Waals surface area contributed by atoms with Gasteiger partial charge in [-0.25, -0.2) is 0 Å². The summed E-state index contributed by atoms with van der Waals surface area (Å²) in [6.45, 7) is 5.40. The van der Waals surface area contributed by atoms with Gasteiger partial charge in [0.2, 0.25) is 0 Å². The molecule has 6 nitrogen and oxygen atoms in total. The Bertz CT molecular complexity index is 792. The van der Waals surface area contributed by atoms with Crippen molar-refractivity contribution in [2.24, 2.45) is 0 Å². The van der Waals surface area contributed by atoms with E-state index in [4.69, 9.17) is 0 Å². The Kier molecular flexibility index (Phi) is 5.67. The number of H-pyrrole nitrogens is 1. The van der Waals surface area contributed by atoms with Crippen LogP contribution < -0.4 is 4.90 Å². The molecule has 0 saturated carbocycles. The van der Waals surface area contributed by atoms with Crippen molar-refractivity contribution in [3.63, 3.8) is 0 Å². The Morgan fingerprint density at radius 2 is 1.89 bits per heavy atom.